The lowest BCUT2D eigenvalue weighted by Crippen LogP contribution is -2.43. The number of aromatic nitrogens is 2. The van der Waals surface area contributed by atoms with E-state index in [9.17, 15) is 17.6 Å². The lowest BCUT2D eigenvalue weighted by molar-refractivity contribution is -0.140. The maximum atomic E-state index is 15.3. The van der Waals surface area contributed by atoms with Crippen LogP contribution in [-0.4, -0.2) is 72.5 Å². The van der Waals surface area contributed by atoms with Gasteiger partial charge in [-0.2, -0.15) is 23.1 Å². The van der Waals surface area contributed by atoms with Gasteiger partial charge >= 0.3 is 12.2 Å². The van der Waals surface area contributed by atoms with E-state index in [-0.39, 0.29) is 36.9 Å². The highest BCUT2D eigenvalue weighted by atomic mass is 19.4. The zero-order chi connectivity index (χ0) is 28.9. The van der Waals surface area contributed by atoms with Gasteiger partial charge in [0.05, 0.1) is 35.2 Å². The van der Waals surface area contributed by atoms with E-state index in [0.717, 1.165) is 45.0 Å². The Morgan fingerprint density at radius 3 is 2.83 bits per heavy atom. The van der Waals surface area contributed by atoms with E-state index >= 15 is 4.39 Å². The number of alkyl halides is 4. The minimum absolute atomic E-state index is 0.0837. The van der Waals surface area contributed by atoms with Crippen LogP contribution in [0.25, 0.3) is 0 Å². The average molecular weight is 583 g/mol. The van der Waals surface area contributed by atoms with E-state index in [2.05, 4.69) is 20.1 Å². The van der Waals surface area contributed by atoms with Crippen molar-refractivity contribution >= 4 is 11.5 Å². The van der Waals surface area contributed by atoms with Crippen LogP contribution >= 0.6 is 0 Å². The molecule has 4 aliphatic rings. The predicted molar refractivity (Wildman–Crippen MR) is 142 cm³/mol. The molecule has 0 amide bonds. The summed E-state index contributed by atoms with van der Waals surface area (Å²) in [6.45, 7) is 5.53. The molecule has 0 unspecified atom stereocenters. The minimum atomic E-state index is -4.80. The van der Waals surface area contributed by atoms with Gasteiger partial charge in [0.1, 0.15) is 18.6 Å². The first kappa shape index (κ1) is 28.4. The second-order valence-corrected chi connectivity index (χ2v) is 11.6. The van der Waals surface area contributed by atoms with E-state index in [1.807, 2.05) is 0 Å². The highest BCUT2D eigenvalue weighted by molar-refractivity contribution is 5.55. The first-order chi connectivity index (χ1) is 19.6. The molecule has 0 bridgehead atoms. The Morgan fingerprint density at radius 1 is 1.20 bits per heavy atom. The molecule has 13 heteroatoms. The average Bonchev–Trinajstić information content (AvgIpc) is 3.29. The Hall–Kier alpha value is -2.77. The normalized spacial score (nSPS) is 27.0. The molecule has 41 heavy (non-hydrogen) atoms. The first-order valence-corrected chi connectivity index (χ1v) is 14.2. The summed E-state index contributed by atoms with van der Waals surface area (Å²) in [7, 11) is 0. The fraction of sp³-hybridized carbons (Fsp3) is 0.643. The van der Waals surface area contributed by atoms with Gasteiger partial charge in [-0.3, -0.25) is 4.90 Å². The molecule has 224 valence electrons. The summed E-state index contributed by atoms with van der Waals surface area (Å²) in [6, 6.07) is 1.08. The first-order valence-electron chi connectivity index (χ1n) is 14.2. The molecule has 0 spiro atoms. The van der Waals surface area contributed by atoms with E-state index in [1.165, 1.54) is 6.92 Å². The van der Waals surface area contributed by atoms with Crippen LogP contribution in [0.1, 0.15) is 59.7 Å². The number of nitrogens with zero attached hydrogens (tertiary/aromatic N) is 4. The summed E-state index contributed by atoms with van der Waals surface area (Å²) in [6.07, 6.45) is -4.06. The van der Waals surface area contributed by atoms with Gasteiger partial charge in [0.25, 0.3) is 0 Å². The number of hydrogen-bond acceptors (Lipinski definition) is 8. The number of nitrogens with two attached hydrogens (primary N) is 1. The number of aryl methyl sites for hydroxylation is 1. The largest absolute Gasteiger partial charge is 0.461 e. The lowest BCUT2D eigenvalue weighted by atomic mass is 9.91. The van der Waals surface area contributed by atoms with E-state index < -0.39 is 40.9 Å². The summed E-state index contributed by atoms with van der Waals surface area (Å²) >= 11 is 0. The lowest BCUT2D eigenvalue weighted by Gasteiger charge is -2.33. The molecule has 3 atom stereocenters. The summed E-state index contributed by atoms with van der Waals surface area (Å²) < 4.78 is 84.0. The number of ether oxygens (including phenoxy) is 2. The maximum Gasteiger partial charge on any atom is 0.417 e. The zero-order valence-corrected chi connectivity index (χ0v) is 23.0. The van der Waals surface area contributed by atoms with Crippen molar-refractivity contribution in [3.8, 4) is 6.01 Å². The van der Waals surface area contributed by atoms with Gasteiger partial charge in [0, 0.05) is 50.1 Å². The van der Waals surface area contributed by atoms with Crippen molar-refractivity contribution in [2.75, 3.05) is 56.5 Å². The summed E-state index contributed by atoms with van der Waals surface area (Å²) in [4.78, 5) is 13.6. The molecule has 1 aromatic heterocycles. The standard InChI is InChI=1S/C28H35F5N6O2/c1-16-10-19(34)24(30)22(23(16)28(31,32)33)21-11-20-18(14-40-21)25(38-7-3-5-35-6-9-38)37-26(36-20)41-15-27-4-2-8-39(27)13-17(29)12-27/h10,17,21,35H,2-9,11-15,34H2,1H3/t17-,21+,27+/m1/s1. The van der Waals surface area contributed by atoms with Crippen LogP contribution < -0.4 is 20.7 Å². The van der Waals surface area contributed by atoms with Gasteiger partial charge in [-0.1, -0.05) is 0 Å². The Morgan fingerprint density at radius 2 is 2.02 bits per heavy atom. The van der Waals surface area contributed by atoms with Crippen molar-refractivity contribution < 1.29 is 31.4 Å². The molecule has 3 fully saturated rings. The minimum Gasteiger partial charge on any atom is -0.461 e. The summed E-state index contributed by atoms with van der Waals surface area (Å²) in [5.41, 5.74) is 4.21. The number of halogens is 5. The predicted octanol–water partition coefficient (Wildman–Crippen LogP) is 4.09. The quantitative estimate of drug-likeness (QED) is 0.403. The van der Waals surface area contributed by atoms with Crippen LogP contribution in [0.5, 0.6) is 6.01 Å². The summed E-state index contributed by atoms with van der Waals surface area (Å²) in [5, 5.41) is 3.35. The Bertz CT molecular complexity index is 1300. The van der Waals surface area contributed by atoms with Crippen LogP contribution in [0.15, 0.2) is 6.07 Å². The molecule has 0 saturated carbocycles. The van der Waals surface area contributed by atoms with E-state index in [0.29, 0.717) is 43.1 Å². The second-order valence-electron chi connectivity index (χ2n) is 11.6. The van der Waals surface area contributed by atoms with Crippen molar-refractivity contribution in [3.63, 3.8) is 0 Å². The third-order valence-electron chi connectivity index (χ3n) is 8.86. The smallest absolute Gasteiger partial charge is 0.417 e. The number of benzene rings is 1. The van der Waals surface area contributed by atoms with Gasteiger partial charge in [-0.25, -0.2) is 8.78 Å². The van der Waals surface area contributed by atoms with Crippen molar-refractivity contribution in [2.45, 2.75) is 69.6 Å². The van der Waals surface area contributed by atoms with Crippen molar-refractivity contribution in [3.05, 3.63) is 39.8 Å². The van der Waals surface area contributed by atoms with E-state index in [4.69, 9.17) is 20.2 Å². The van der Waals surface area contributed by atoms with Crippen LogP contribution in [0.3, 0.4) is 0 Å². The number of fused-ring (bicyclic) bond motifs is 2. The summed E-state index contributed by atoms with van der Waals surface area (Å²) in [5.74, 6) is -0.536. The molecule has 6 rings (SSSR count). The monoisotopic (exact) mass is 582 g/mol. The molecule has 0 radical (unpaired) electrons. The van der Waals surface area contributed by atoms with Crippen LogP contribution in [-0.2, 0) is 23.9 Å². The van der Waals surface area contributed by atoms with Gasteiger partial charge < -0.3 is 25.4 Å². The highest BCUT2D eigenvalue weighted by Gasteiger charge is 2.49. The van der Waals surface area contributed by atoms with Gasteiger partial charge in [-0.15, -0.1) is 0 Å². The number of nitrogen functional groups attached to an aromatic ring is 1. The fourth-order valence-corrected chi connectivity index (χ4v) is 6.97. The molecule has 3 saturated heterocycles. The van der Waals surface area contributed by atoms with Crippen LogP contribution in [0, 0.1) is 12.7 Å². The molecule has 4 aliphatic heterocycles. The van der Waals surface area contributed by atoms with Gasteiger partial charge in [-0.05, 0) is 50.9 Å². The van der Waals surface area contributed by atoms with Gasteiger partial charge in [0.2, 0.25) is 0 Å². The second kappa shape index (κ2) is 10.8. The Kier molecular flexibility index (Phi) is 7.48. The fourth-order valence-electron chi connectivity index (χ4n) is 6.97. The van der Waals surface area contributed by atoms with Crippen molar-refractivity contribution in [1.82, 2.24) is 20.2 Å². The number of hydrogen-bond donors (Lipinski definition) is 2. The molecule has 8 nitrogen and oxygen atoms in total. The molecule has 1 aromatic carbocycles. The molecule has 3 N–H and O–H groups in total. The van der Waals surface area contributed by atoms with Crippen LogP contribution in [0.4, 0.5) is 33.5 Å². The topological polar surface area (TPSA) is 88.8 Å². The Balaban J connectivity index is 1.36. The van der Waals surface area contributed by atoms with E-state index in [1.54, 1.807) is 0 Å². The van der Waals surface area contributed by atoms with Gasteiger partial charge in [0.15, 0.2) is 5.82 Å². The highest BCUT2D eigenvalue weighted by Crippen LogP contribution is 2.45. The maximum absolute atomic E-state index is 15.3. The number of rotatable bonds is 5. The molecular formula is C28H35F5N6O2. The zero-order valence-electron chi connectivity index (χ0n) is 23.0. The molecular weight excluding hydrogens is 547 g/mol. The third-order valence-corrected chi connectivity index (χ3v) is 8.86. The Labute approximate surface area is 235 Å². The third kappa shape index (κ3) is 5.32. The SMILES string of the molecule is Cc1cc(N)c(F)c([C@@H]2Cc3nc(OC[C@@]45CCCN4C[C@H](F)C5)nc(N4CCCNCC4)c3CO2)c1C(F)(F)F. The van der Waals surface area contributed by atoms with Crippen molar-refractivity contribution in [2.24, 2.45) is 0 Å². The van der Waals surface area contributed by atoms with Crippen molar-refractivity contribution in [1.29, 1.82) is 0 Å². The van der Waals surface area contributed by atoms with Crippen LogP contribution in [0.2, 0.25) is 0 Å². The number of nitrogens with one attached hydrogen (secondary N) is 1. The number of anilines is 2. The molecule has 5 heterocycles. The molecule has 0 aliphatic carbocycles. The molecule has 2 aromatic rings.